The molecule has 3 heterocycles. The normalized spacial score (nSPS) is 24.3. The second-order valence-corrected chi connectivity index (χ2v) is 6.89. The molecule has 2 heteroatoms. The van der Waals surface area contributed by atoms with Gasteiger partial charge in [0, 0.05) is 30.5 Å². The van der Waals surface area contributed by atoms with E-state index in [9.17, 15) is 0 Å². The van der Waals surface area contributed by atoms with Crippen LogP contribution in [-0.2, 0) is 6.54 Å². The summed E-state index contributed by atoms with van der Waals surface area (Å²) in [5.74, 6) is 0. The first kappa shape index (κ1) is 14.6. The fourth-order valence-corrected chi connectivity index (χ4v) is 4.12. The van der Waals surface area contributed by atoms with Gasteiger partial charge in [-0.15, -0.1) is 0 Å². The second kappa shape index (κ2) is 6.29. The van der Waals surface area contributed by atoms with E-state index in [-0.39, 0.29) is 0 Å². The van der Waals surface area contributed by atoms with E-state index in [0.29, 0.717) is 12.1 Å². The largest absolute Gasteiger partial charge is 0.289 e. The van der Waals surface area contributed by atoms with E-state index in [1.54, 1.807) is 0 Å². The first-order chi connectivity index (χ1) is 11.3. The van der Waals surface area contributed by atoms with Crippen molar-refractivity contribution in [1.82, 2.24) is 9.88 Å². The minimum absolute atomic E-state index is 0.589. The third kappa shape index (κ3) is 3.09. The highest BCUT2D eigenvalue weighted by molar-refractivity contribution is 5.67. The molecule has 4 rings (SSSR count). The molecule has 118 valence electrons. The number of aromatic nitrogens is 1. The molecule has 1 aromatic heterocycles. The second-order valence-electron chi connectivity index (χ2n) is 6.89. The summed E-state index contributed by atoms with van der Waals surface area (Å²) in [5, 5.41) is 0. The number of piperidine rings is 1. The van der Waals surface area contributed by atoms with Crippen LogP contribution in [0.4, 0.5) is 0 Å². The van der Waals surface area contributed by atoms with Gasteiger partial charge in [-0.3, -0.25) is 9.88 Å². The Morgan fingerprint density at radius 2 is 2.00 bits per heavy atom. The molecule has 0 spiro atoms. The van der Waals surface area contributed by atoms with Crippen molar-refractivity contribution in [2.45, 2.75) is 51.2 Å². The molecule has 2 unspecified atom stereocenters. The summed E-state index contributed by atoms with van der Waals surface area (Å²) in [5.41, 5.74) is 5.43. The lowest BCUT2D eigenvalue weighted by Gasteiger charge is -2.45. The van der Waals surface area contributed by atoms with Gasteiger partial charge in [-0.05, 0) is 55.0 Å². The van der Waals surface area contributed by atoms with Crippen LogP contribution in [0.2, 0.25) is 0 Å². The third-order valence-corrected chi connectivity index (χ3v) is 5.26. The molecule has 2 atom stereocenters. The molecule has 1 saturated heterocycles. The Bertz CT molecular complexity index is 705. The Hall–Kier alpha value is -1.93. The first-order valence-electron chi connectivity index (χ1n) is 8.73. The predicted octanol–water partition coefficient (Wildman–Crippen LogP) is 4.60. The van der Waals surface area contributed by atoms with Gasteiger partial charge in [0.05, 0.1) is 0 Å². The Morgan fingerprint density at radius 3 is 2.78 bits per heavy atom. The quantitative estimate of drug-likeness (QED) is 0.824. The van der Waals surface area contributed by atoms with E-state index in [1.807, 2.05) is 6.20 Å². The van der Waals surface area contributed by atoms with Gasteiger partial charge in [0.1, 0.15) is 0 Å². The SMILES string of the molecule is Cc1cc(C2=CC3CCCC(C2)N3Cc2ccccc2)ccn1. The maximum Gasteiger partial charge on any atom is 0.0378 e. The molecule has 0 N–H and O–H groups in total. The Kier molecular flexibility index (Phi) is 4.00. The lowest BCUT2D eigenvalue weighted by molar-refractivity contribution is 0.0951. The Morgan fingerprint density at radius 1 is 1.13 bits per heavy atom. The molecular weight excluding hydrogens is 280 g/mol. The number of nitrogens with zero attached hydrogens (tertiary/aromatic N) is 2. The van der Waals surface area contributed by atoms with Crippen molar-refractivity contribution in [2.24, 2.45) is 0 Å². The van der Waals surface area contributed by atoms with Crippen molar-refractivity contribution in [3.63, 3.8) is 0 Å². The number of aryl methyl sites for hydroxylation is 1. The maximum absolute atomic E-state index is 4.34. The topological polar surface area (TPSA) is 16.1 Å². The molecule has 2 aliphatic heterocycles. The molecule has 2 bridgehead atoms. The van der Waals surface area contributed by atoms with E-state index in [2.05, 4.69) is 65.3 Å². The van der Waals surface area contributed by atoms with Crippen LogP contribution in [0.5, 0.6) is 0 Å². The molecule has 2 aliphatic rings. The van der Waals surface area contributed by atoms with Crippen molar-refractivity contribution in [2.75, 3.05) is 0 Å². The Balaban J connectivity index is 1.60. The van der Waals surface area contributed by atoms with Crippen molar-refractivity contribution in [3.8, 4) is 0 Å². The Labute approximate surface area is 138 Å². The van der Waals surface area contributed by atoms with Gasteiger partial charge in [-0.2, -0.15) is 0 Å². The van der Waals surface area contributed by atoms with Gasteiger partial charge in [0.2, 0.25) is 0 Å². The summed E-state index contributed by atoms with van der Waals surface area (Å²) >= 11 is 0. The fraction of sp³-hybridized carbons (Fsp3) is 0.381. The van der Waals surface area contributed by atoms with Crippen LogP contribution in [0.25, 0.3) is 5.57 Å². The summed E-state index contributed by atoms with van der Waals surface area (Å²) in [4.78, 5) is 7.06. The highest BCUT2D eigenvalue weighted by Crippen LogP contribution is 2.37. The zero-order valence-corrected chi connectivity index (χ0v) is 13.8. The zero-order chi connectivity index (χ0) is 15.6. The summed E-state index contributed by atoms with van der Waals surface area (Å²) < 4.78 is 0. The lowest BCUT2D eigenvalue weighted by Crippen LogP contribution is -2.47. The van der Waals surface area contributed by atoms with Gasteiger partial charge < -0.3 is 0 Å². The predicted molar refractivity (Wildman–Crippen MR) is 95.0 cm³/mol. The molecular formula is C21H24N2. The average Bonchev–Trinajstić information content (AvgIpc) is 2.55. The van der Waals surface area contributed by atoms with E-state index in [1.165, 1.54) is 42.4 Å². The van der Waals surface area contributed by atoms with Crippen LogP contribution in [0.15, 0.2) is 54.7 Å². The molecule has 0 saturated carbocycles. The molecule has 2 aromatic rings. The number of hydrogen-bond donors (Lipinski definition) is 0. The number of hydrogen-bond acceptors (Lipinski definition) is 2. The van der Waals surface area contributed by atoms with Gasteiger partial charge >= 0.3 is 0 Å². The molecule has 0 radical (unpaired) electrons. The van der Waals surface area contributed by atoms with E-state index < -0.39 is 0 Å². The fourth-order valence-electron chi connectivity index (χ4n) is 4.12. The van der Waals surface area contributed by atoms with Crippen LogP contribution in [-0.4, -0.2) is 22.0 Å². The number of benzene rings is 1. The molecule has 1 fully saturated rings. The van der Waals surface area contributed by atoms with Gasteiger partial charge in [-0.1, -0.05) is 42.8 Å². The number of fused-ring (bicyclic) bond motifs is 2. The minimum Gasteiger partial charge on any atom is -0.289 e. The highest BCUT2D eigenvalue weighted by Gasteiger charge is 2.33. The summed E-state index contributed by atoms with van der Waals surface area (Å²) in [6.07, 6.45) is 9.61. The number of pyridine rings is 1. The van der Waals surface area contributed by atoms with Crippen molar-refractivity contribution in [3.05, 3.63) is 71.6 Å². The van der Waals surface area contributed by atoms with E-state index in [4.69, 9.17) is 0 Å². The molecule has 0 aliphatic carbocycles. The highest BCUT2D eigenvalue weighted by atomic mass is 15.2. The summed E-state index contributed by atoms with van der Waals surface area (Å²) in [6.45, 7) is 3.16. The molecule has 23 heavy (non-hydrogen) atoms. The van der Waals surface area contributed by atoms with Crippen LogP contribution >= 0.6 is 0 Å². The third-order valence-electron chi connectivity index (χ3n) is 5.26. The summed E-state index contributed by atoms with van der Waals surface area (Å²) in [6, 6.07) is 16.6. The van der Waals surface area contributed by atoms with Gasteiger partial charge in [0.15, 0.2) is 0 Å². The van der Waals surface area contributed by atoms with Crippen molar-refractivity contribution in [1.29, 1.82) is 0 Å². The van der Waals surface area contributed by atoms with Crippen LogP contribution in [0.1, 0.15) is 42.5 Å². The van der Waals surface area contributed by atoms with Crippen molar-refractivity contribution < 1.29 is 0 Å². The van der Waals surface area contributed by atoms with Crippen molar-refractivity contribution >= 4 is 5.57 Å². The van der Waals surface area contributed by atoms with E-state index in [0.717, 1.165) is 12.2 Å². The van der Waals surface area contributed by atoms with Gasteiger partial charge in [0.25, 0.3) is 0 Å². The molecule has 1 aromatic carbocycles. The monoisotopic (exact) mass is 304 g/mol. The van der Waals surface area contributed by atoms with Crippen LogP contribution in [0.3, 0.4) is 0 Å². The molecule has 0 amide bonds. The van der Waals surface area contributed by atoms with E-state index >= 15 is 0 Å². The average molecular weight is 304 g/mol. The summed E-state index contributed by atoms with van der Waals surface area (Å²) in [7, 11) is 0. The first-order valence-corrected chi connectivity index (χ1v) is 8.73. The molecule has 2 nitrogen and oxygen atoms in total. The van der Waals surface area contributed by atoms with Gasteiger partial charge in [-0.25, -0.2) is 0 Å². The number of rotatable bonds is 3. The maximum atomic E-state index is 4.34. The standard InChI is InChI=1S/C21H24N2/c1-16-12-18(10-11-22-16)19-13-20-8-5-9-21(14-19)23(20)15-17-6-3-2-4-7-17/h2-4,6-7,10-13,20-21H,5,8-9,14-15H2,1H3. The smallest absolute Gasteiger partial charge is 0.0378 e. The lowest BCUT2D eigenvalue weighted by atomic mass is 9.82. The zero-order valence-electron chi connectivity index (χ0n) is 13.8. The minimum atomic E-state index is 0.589. The van der Waals surface area contributed by atoms with Crippen LogP contribution < -0.4 is 0 Å². The van der Waals surface area contributed by atoms with Crippen LogP contribution in [0, 0.1) is 6.92 Å².